The third kappa shape index (κ3) is 6.82. The first kappa shape index (κ1) is 25.3. The van der Waals surface area contributed by atoms with Gasteiger partial charge in [0.05, 0.1) is 17.1 Å². The Morgan fingerprint density at radius 1 is 0.971 bits per heavy atom. The van der Waals surface area contributed by atoms with Crippen LogP contribution in [0.5, 0.6) is 5.75 Å². The van der Waals surface area contributed by atoms with Gasteiger partial charge in [0, 0.05) is 5.69 Å². The highest BCUT2D eigenvalue weighted by atomic mass is 32.2. The fourth-order valence-corrected chi connectivity index (χ4v) is 4.37. The number of hydrogen-bond acceptors (Lipinski definition) is 4. The van der Waals surface area contributed by atoms with Crippen LogP contribution in [-0.4, -0.2) is 27.0 Å². The van der Waals surface area contributed by atoms with E-state index in [1.165, 1.54) is 30.3 Å². The second kappa shape index (κ2) is 10.7. The van der Waals surface area contributed by atoms with Crippen LogP contribution in [0.2, 0.25) is 0 Å². The second-order valence-corrected chi connectivity index (χ2v) is 9.05. The molecule has 3 aromatic rings. The van der Waals surface area contributed by atoms with Gasteiger partial charge < -0.3 is 10.1 Å². The zero-order valence-corrected chi connectivity index (χ0v) is 19.0. The van der Waals surface area contributed by atoms with Crippen molar-refractivity contribution < 1.29 is 31.1 Å². The summed E-state index contributed by atoms with van der Waals surface area (Å²) in [5.74, 6) is -0.303. The van der Waals surface area contributed by atoms with Crippen molar-refractivity contribution >= 4 is 21.6 Å². The number of anilines is 1. The number of carbonyl (C=O) groups excluding carboxylic acids is 1. The summed E-state index contributed by atoms with van der Waals surface area (Å²) in [5, 5.41) is 2.39. The number of halogens is 3. The predicted octanol–water partition coefficient (Wildman–Crippen LogP) is 4.63. The number of carbonyl (C=O) groups is 1. The van der Waals surface area contributed by atoms with E-state index >= 15 is 0 Å². The highest BCUT2D eigenvalue weighted by molar-refractivity contribution is 7.89. The summed E-state index contributed by atoms with van der Waals surface area (Å²) in [6.45, 7) is 2.21. The molecule has 34 heavy (non-hydrogen) atoms. The van der Waals surface area contributed by atoms with Gasteiger partial charge in [-0.15, -0.1) is 0 Å². The monoisotopic (exact) mass is 492 g/mol. The Morgan fingerprint density at radius 2 is 1.65 bits per heavy atom. The minimum atomic E-state index is -4.58. The molecule has 3 aromatic carbocycles. The fraction of sp³-hybridized carbons (Fsp3) is 0.208. The Labute approximate surface area is 195 Å². The van der Waals surface area contributed by atoms with E-state index in [-0.39, 0.29) is 17.0 Å². The van der Waals surface area contributed by atoms with Gasteiger partial charge in [-0.1, -0.05) is 36.4 Å². The molecule has 1 atom stereocenters. The Hall–Kier alpha value is -3.37. The van der Waals surface area contributed by atoms with Gasteiger partial charge in [0.2, 0.25) is 15.9 Å². The Kier molecular flexibility index (Phi) is 7.95. The summed E-state index contributed by atoms with van der Waals surface area (Å²) in [7, 11) is -4.13. The third-order valence-electron chi connectivity index (χ3n) is 4.80. The van der Waals surface area contributed by atoms with Crippen molar-refractivity contribution in [1.82, 2.24) is 4.72 Å². The smallest absolute Gasteiger partial charge is 0.416 e. The summed E-state index contributed by atoms with van der Waals surface area (Å²) < 4.78 is 72.7. The lowest BCUT2D eigenvalue weighted by Gasteiger charge is -2.19. The van der Waals surface area contributed by atoms with Crippen molar-refractivity contribution in [3.05, 3.63) is 90.0 Å². The minimum absolute atomic E-state index is 0.0120. The van der Waals surface area contributed by atoms with Crippen LogP contribution in [0.15, 0.2) is 83.8 Å². The SMILES string of the molecule is CCOc1ccc(S(=O)(=O)N[C@@H](Cc2ccccc2)C(=O)Nc2cccc(C(F)(F)F)c2)cc1. The van der Waals surface area contributed by atoms with Crippen molar-refractivity contribution in [3.63, 3.8) is 0 Å². The van der Waals surface area contributed by atoms with Gasteiger partial charge in [0.15, 0.2) is 0 Å². The van der Waals surface area contributed by atoms with Crippen LogP contribution < -0.4 is 14.8 Å². The first-order valence-corrected chi connectivity index (χ1v) is 11.8. The van der Waals surface area contributed by atoms with Gasteiger partial charge in [0.25, 0.3) is 0 Å². The van der Waals surface area contributed by atoms with Gasteiger partial charge in [-0.05, 0) is 61.4 Å². The third-order valence-corrected chi connectivity index (χ3v) is 6.29. The molecule has 0 heterocycles. The molecule has 0 fully saturated rings. The van der Waals surface area contributed by atoms with Crippen LogP contribution in [0.4, 0.5) is 18.9 Å². The number of rotatable bonds is 9. The zero-order valence-electron chi connectivity index (χ0n) is 18.2. The number of hydrogen-bond donors (Lipinski definition) is 2. The van der Waals surface area contributed by atoms with Gasteiger partial charge in [0.1, 0.15) is 11.8 Å². The Balaban J connectivity index is 1.85. The van der Waals surface area contributed by atoms with Crippen molar-refractivity contribution in [2.24, 2.45) is 0 Å². The molecule has 2 N–H and O–H groups in total. The molecule has 0 saturated carbocycles. The molecule has 0 aliphatic heterocycles. The van der Waals surface area contributed by atoms with E-state index in [0.29, 0.717) is 17.9 Å². The molecule has 1 amide bonds. The zero-order chi connectivity index (χ0) is 24.8. The standard InChI is InChI=1S/C24H23F3N2O4S/c1-2-33-20-11-13-21(14-12-20)34(31,32)29-22(15-17-7-4-3-5-8-17)23(30)28-19-10-6-9-18(16-19)24(25,26)27/h3-14,16,22,29H,2,15H2,1H3,(H,28,30)/t22-/m0/s1. The highest BCUT2D eigenvalue weighted by Gasteiger charge is 2.31. The van der Waals surface area contributed by atoms with Crippen molar-refractivity contribution in [1.29, 1.82) is 0 Å². The molecular formula is C24H23F3N2O4S. The molecule has 6 nitrogen and oxygen atoms in total. The van der Waals surface area contributed by atoms with E-state index < -0.39 is 33.7 Å². The quantitative estimate of drug-likeness (QED) is 0.456. The maximum absolute atomic E-state index is 13.0. The van der Waals surface area contributed by atoms with E-state index in [2.05, 4.69) is 10.0 Å². The van der Waals surface area contributed by atoms with Crippen molar-refractivity contribution in [3.8, 4) is 5.75 Å². The maximum atomic E-state index is 13.0. The van der Waals surface area contributed by atoms with E-state index in [0.717, 1.165) is 18.2 Å². The minimum Gasteiger partial charge on any atom is -0.494 e. The van der Waals surface area contributed by atoms with Crippen LogP contribution in [0.25, 0.3) is 0 Å². The molecule has 0 aliphatic carbocycles. The van der Waals surface area contributed by atoms with Crippen LogP contribution >= 0.6 is 0 Å². The molecule has 180 valence electrons. The summed E-state index contributed by atoms with van der Waals surface area (Å²) in [4.78, 5) is 12.9. The Bertz CT molecular complexity index is 1210. The van der Waals surface area contributed by atoms with E-state index in [9.17, 15) is 26.4 Å². The van der Waals surface area contributed by atoms with Gasteiger partial charge in [-0.3, -0.25) is 4.79 Å². The molecule has 0 unspecified atom stereocenters. The summed E-state index contributed by atoms with van der Waals surface area (Å²) in [6, 6.07) is 17.2. The highest BCUT2D eigenvalue weighted by Crippen LogP contribution is 2.30. The number of benzene rings is 3. The number of alkyl halides is 3. The van der Waals surface area contributed by atoms with Gasteiger partial charge >= 0.3 is 6.18 Å². The molecule has 0 aromatic heterocycles. The topological polar surface area (TPSA) is 84.5 Å². The average molecular weight is 493 g/mol. The first-order valence-electron chi connectivity index (χ1n) is 10.4. The van der Waals surface area contributed by atoms with E-state index in [1.54, 1.807) is 37.3 Å². The number of ether oxygens (including phenoxy) is 1. The van der Waals surface area contributed by atoms with E-state index in [1.807, 2.05) is 0 Å². The lowest BCUT2D eigenvalue weighted by molar-refractivity contribution is -0.137. The summed E-state index contributed by atoms with van der Waals surface area (Å²) in [5.41, 5.74) is -0.362. The van der Waals surface area contributed by atoms with E-state index in [4.69, 9.17) is 4.74 Å². The predicted molar refractivity (Wildman–Crippen MR) is 122 cm³/mol. The molecule has 0 bridgehead atoms. The molecule has 0 spiro atoms. The van der Waals surface area contributed by atoms with Gasteiger partial charge in [-0.2, -0.15) is 17.9 Å². The average Bonchev–Trinajstić information content (AvgIpc) is 2.79. The Morgan fingerprint density at radius 3 is 2.26 bits per heavy atom. The van der Waals surface area contributed by atoms with Crippen molar-refractivity contribution in [2.75, 3.05) is 11.9 Å². The number of amides is 1. The summed E-state index contributed by atoms with van der Waals surface area (Å²) in [6.07, 6.45) is -4.60. The fourth-order valence-electron chi connectivity index (χ4n) is 3.18. The largest absolute Gasteiger partial charge is 0.494 e. The number of nitrogens with one attached hydrogen (secondary N) is 2. The number of sulfonamides is 1. The molecule has 0 aliphatic rings. The first-order chi connectivity index (χ1) is 16.1. The lowest BCUT2D eigenvalue weighted by atomic mass is 10.1. The molecule has 0 saturated heterocycles. The van der Waals surface area contributed by atoms with Crippen LogP contribution in [0.1, 0.15) is 18.1 Å². The molecule has 0 radical (unpaired) electrons. The lowest BCUT2D eigenvalue weighted by Crippen LogP contribution is -2.45. The van der Waals surface area contributed by atoms with Crippen LogP contribution in [0, 0.1) is 0 Å². The van der Waals surface area contributed by atoms with Crippen molar-refractivity contribution in [2.45, 2.75) is 30.5 Å². The second-order valence-electron chi connectivity index (χ2n) is 7.34. The van der Waals surface area contributed by atoms with Gasteiger partial charge in [-0.25, -0.2) is 8.42 Å². The van der Waals surface area contributed by atoms with Crippen LogP contribution in [0.3, 0.4) is 0 Å². The normalized spacial score (nSPS) is 12.7. The maximum Gasteiger partial charge on any atom is 0.416 e. The molecular weight excluding hydrogens is 469 g/mol. The van der Waals surface area contributed by atoms with Crippen LogP contribution in [-0.2, 0) is 27.4 Å². The summed E-state index contributed by atoms with van der Waals surface area (Å²) >= 11 is 0. The molecule has 3 rings (SSSR count). The molecule has 10 heteroatoms.